The number of Topliss-reactive ketones (excluding diaryl/α,β-unsaturated/α-hetero) is 1. The van der Waals surface area contributed by atoms with Crippen molar-refractivity contribution in [3.8, 4) is 0 Å². The van der Waals surface area contributed by atoms with Crippen LogP contribution in [0.25, 0.3) is 0 Å². The summed E-state index contributed by atoms with van der Waals surface area (Å²) in [6, 6.07) is 11.3. The van der Waals surface area contributed by atoms with E-state index in [0.717, 1.165) is 18.6 Å². The number of ketones is 1. The van der Waals surface area contributed by atoms with E-state index in [1.807, 2.05) is 6.92 Å². The Morgan fingerprint density at radius 2 is 1.65 bits per heavy atom. The summed E-state index contributed by atoms with van der Waals surface area (Å²) < 4.78 is 23.1. The van der Waals surface area contributed by atoms with Gasteiger partial charge in [0.1, 0.15) is 5.82 Å². The van der Waals surface area contributed by atoms with E-state index in [1.54, 1.807) is 24.3 Å². The number of ether oxygens (including phenoxy) is 2. The number of esters is 2. The maximum atomic E-state index is 12.9. The van der Waals surface area contributed by atoms with E-state index in [0.29, 0.717) is 17.9 Å². The van der Waals surface area contributed by atoms with E-state index < -0.39 is 36.1 Å². The minimum atomic E-state index is -0.706. The average molecular weight is 427 g/mol. The molecular weight excluding hydrogens is 405 g/mol. The van der Waals surface area contributed by atoms with E-state index in [-0.39, 0.29) is 24.4 Å². The fourth-order valence-electron chi connectivity index (χ4n) is 3.14. The van der Waals surface area contributed by atoms with Gasteiger partial charge in [0.05, 0.1) is 18.1 Å². The Hall–Kier alpha value is -3.55. The molecule has 162 valence electrons. The van der Waals surface area contributed by atoms with Crippen LogP contribution in [0.15, 0.2) is 48.5 Å². The smallest absolute Gasteiger partial charge is 0.338 e. The van der Waals surface area contributed by atoms with Crippen LogP contribution in [-0.4, -0.2) is 43.4 Å². The molecule has 0 aliphatic carbocycles. The highest BCUT2D eigenvalue weighted by Crippen LogP contribution is 2.26. The Morgan fingerprint density at radius 1 is 1.00 bits per heavy atom. The Labute approximate surface area is 178 Å². The SMILES string of the molecule is CCCOC(=O)c1ccc(N2CC(C(=O)OCC(=O)c3ccc(F)cc3)CC2=O)cc1. The van der Waals surface area contributed by atoms with Crippen LogP contribution in [0.4, 0.5) is 10.1 Å². The van der Waals surface area contributed by atoms with Crippen LogP contribution >= 0.6 is 0 Å². The first-order valence-electron chi connectivity index (χ1n) is 9.92. The molecule has 1 heterocycles. The van der Waals surface area contributed by atoms with Gasteiger partial charge in [0.15, 0.2) is 12.4 Å². The normalized spacial score (nSPS) is 15.6. The maximum absolute atomic E-state index is 12.9. The molecule has 8 heteroatoms. The summed E-state index contributed by atoms with van der Waals surface area (Å²) in [5, 5.41) is 0. The molecule has 1 fully saturated rings. The molecule has 2 aromatic rings. The highest BCUT2D eigenvalue weighted by molar-refractivity contribution is 6.01. The van der Waals surface area contributed by atoms with Crippen molar-refractivity contribution < 1.29 is 33.0 Å². The number of amides is 1. The molecule has 1 aliphatic rings. The third kappa shape index (κ3) is 5.53. The van der Waals surface area contributed by atoms with Gasteiger partial charge in [-0.15, -0.1) is 0 Å². The summed E-state index contributed by atoms with van der Waals surface area (Å²) in [4.78, 5) is 50.1. The number of hydrogen-bond donors (Lipinski definition) is 0. The van der Waals surface area contributed by atoms with Crippen molar-refractivity contribution >= 4 is 29.3 Å². The van der Waals surface area contributed by atoms with E-state index in [9.17, 15) is 23.6 Å². The summed E-state index contributed by atoms with van der Waals surface area (Å²) >= 11 is 0. The van der Waals surface area contributed by atoms with Crippen LogP contribution in [0.5, 0.6) is 0 Å². The van der Waals surface area contributed by atoms with Gasteiger partial charge in [-0.25, -0.2) is 9.18 Å². The lowest BCUT2D eigenvalue weighted by molar-refractivity contribution is -0.147. The first kappa shape index (κ1) is 22.1. The molecule has 1 unspecified atom stereocenters. The van der Waals surface area contributed by atoms with E-state index in [1.165, 1.54) is 17.0 Å². The number of anilines is 1. The monoisotopic (exact) mass is 427 g/mol. The molecule has 1 amide bonds. The third-order valence-electron chi connectivity index (χ3n) is 4.82. The fourth-order valence-corrected chi connectivity index (χ4v) is 3.14. The van der Waals surface area contributed by atoms with Crippen LogP contribution in [0, 0.1) is 11.7 Å². The summed E-state index contributed by atoms with van der Waals surface area (Å²) in [5.41, 5.74) is 1.16. The van der Waals surface area contributed by atoms with Crippen molar-refractivity contribution in [3.63, 3.8) is 0 Å². The lowest BCUT2D eigenvalue weighted by Crippen LogP contribution is -2.27. The Balaban J connectivity index is 1.55. The van der Waals surface area contributed by atoms with Crippen LogP contribution in [0.2, 0.25) is 0 Å². The second-order valence-electron chi connectivity index (χ2n) is 7.13. The van der Waals surface area contributed by atoms with Crippen molar-refractivity contribution in [2.75, 3.05) is 24.7 Å². The molecule has 3 rings (SSSR count). The molecule has 0 N–H and O–H groups in total. The maximum Gasteiger partial charge on any atom is 0.338 e. The lowest BCUT2D eigenvalue weighted by atomic mass is 10.1. The number of nitrogens with zero attached hydrogens (tertiary/aromatic N) is 1. The van der Waals surface area contributed by atoms with Crippen LogP contribution in [0.1, 0.15) is 40.5 Å². The van der Waals surface area contributed by atoms with Gasteiger partial charge in [-0.3, -0.25) is 14.4 Å². The predicted octanol–water partition coefficient (Wildman–Crippen LogP) is 3.17. The number of carbonyl (C=O) groups is 4. The second kappa shape index (κ2) is 9.97. The molecule has 1 saturated heterocycles. The van der Waals surface area contributed by atoms with Crippen LogP contribution < -0.4 is 4.90 Å². The second-order valence-corrected chi connectivity index (χ2v) is 7.13. The van der Waals surface area contributed by atoms with Gasteiger partial charge >= 0.3 is 11.9 Å². The zero-order chi connectivity index (χ0) is 22.4. The van der Waals surface area contributed by atoms with Gasteiger partial charge in [-0.2, -0.15) is 0 Å². The number of carbonyl (C=O) groups excluding carboxylic acids is 4. The minimum absolute atomic E-state index is 0.0378. The molecule has 0 bridgehead atoms. The zero-order valence-corrected chi connectivity index (χ0v) is 17.0. The fraction of sp³-hybridized carbons (Fsp3) is 0.304. The summed E-state index contributed by atoms with van der Waals surface area (Å²) in [5.74, 6) is -2.97. The van der Waals surface area contributed by atoms with E-state index in [4.69, 9.17) is 9.47 Å². The molecule has 2 aromatic carbocycles. The lowest BCUT2D eigenvalue weighted by Gasteiger charge is -2.17. The molecule has 0 radical (unpaired) electrons. The van der Waals surface area contributed by atoms with E-state index >= 15 is 0 Å². The van der Waals surface area contributed by atoms with Gasteiger partial charge < -0.3 is 14.4 Å². The zero-order valence-electron chi connectivity index (χ0n) is 17.0. The van der Waals surface area contributed by atoms with Gasteiger partial charge in [-0.05, 0) is 55.0 Å². The molecule has 0 spiro atoms. The molecule has 1 atom stereocenters. The van der Waals surface area contributed by atoms with Crippen LogP contribution in [0.3, 0.4) is 0 Å². The summed E-state index contributed by atoms with van der Waals surface area (Å²) in [7, 11) is 0. The number of hydrogen-bond acceptors (Lipinski definition) is 6. The largest absolute Gasteiger partial charge is 0.462 e. The Kier molecular flexibility index (Phi) is 7.12. The van der Waals surface area contributed by atoms with Crippen molar-refractivity contribution in [2.24, 2.45) is 5.92 Å². The molecule has 0 aromatic heterocycles. The van der Waals surface area contributed by atoms with E-state index in [2.05, 4.69) is 0 Å². The number of halogens is 1. The Bertz CT molecular complexity index is 971. The van der Waals surface area contributed by atoms with Crippen molar-refractivity contribution in [3.05, 3.63) is 65.5 Å². The predicted molar refractivity (Wildman–Crippen MR) is 109 cm³/mol. The quantitative estimate of drug-likeness (QED) is 0.475. The van der Waals surface area contributed by atoms with Gasteiger partial charge in [0.2, 0.25) is 5.91 Å². The van der Waals surface area contributed by atoms with Gasteiger partial charge in [0, 0.05) is 24.2 Å². The van der Waals surface area contributed by atoms with Crippen molar-refractivity contribution in [1.29, 1.82) is 0 Å². The minimum Gasteiger partial charge on any atom is -0.462 e. The standard InChI is InChI=1S/C23H22FNO6/c1-2-11-30-22(28)16-5-9-19(10-6-16)25-13-17(12-21(25)27)23(29)31-14-20(26)15-3-7-18(24)8-4-15/h3-10,17H,2,11-14H2,1H3. The van der Waals surface area contributed by atoms with Crippen LogP contribution in [-0.2, 0) is 19.1 Å². The summed E-state index contributed by atoms with van der Waals surface area (Å²) in [6.07, 6.45) is 0.683. The number of benzene rings is 2. The van der Waals surface area contributed by atoms with Gasteiger partial charge in [-0.1, -0.05) is 6.92 Å². The van der Waals surface area contributed by atoms with Gasteiger partial charge in [0.25, 0.3) is 0 Å². The summed E-state index contributed by atoms with van der Waals surface area (Å²) in [6.45, 7) is 1.86. The van der Waals surface area contributed by atoms with Crippen molar-refractivity contribution in [1.82, 2.24) is 0 Å². The average Bonchev–Trinajstić information content (AvgIpc) is 3.17. The number of rotatable bonds is 8. The first-order chi connectivity index (χ1) is 14.9. The topological polar surface area (TPSA) is 90.0 Å². The highest BCUT2D eigenvalue weighted by Gasteiger charge is 2.36. The van der Waals surface area contributed by atoms with Crippen molar-refractivity contribution in [2.45, 2.75) is 19.8 Å². The highest BCUT2D eigenvalue weighted by atomic mass is 19.1. The molecule has 31 heavy (non-hydrogen) atoms. The molecule has 1 aliphatic heterocycles. The molecular formula is C23H22FNO6. The molecule has 0 saturated carbocycles. The third-order valence-corrected chi connectivity index (χ3v) is 4.82. The Morgan fingerprint density at radius 3 is 2.29 bits per heavy atom. The molecule has 7 nitrogen and oxygen atoms in total. The first-order valence-corrected chi connectivity index (χ1v) is 9.92.